The average molecular weight is 1980 g/mol. The van der Waals surface area contributed by atoms with Gasteiger partial charge in [0, 0.05) is 69.4 Å². The van der Waals surface area contributed by atoms with E-state index in [4.69, 9.17) is 9.47 Å². The first-order chi connectivity index (χ1) is 67.3. The van der Waals surface area contributed by atoms with Crippen LogP contribution in [0.3, 0.4) is 0 Å². The third-order valence-electron chi connectivity index (χ3n) is 31.1. The van der Waals surface area contributed by atoms with Crippen LogP contribution in [0, 0.1) is 0 Å². The molecule has 12 heteroatoms. The second-order valence-electron chi connectivity index (χ2n) is 40.5. The highest BCUT2D eigenvalue weighted by atomic mass is 79.9. The van der Waals surface area contributed by atoms with Crippen molar-refractivity contribution in [1.82, 2.24) is 0 Å². The third kappa shape index (κ3) is 13.7. The molecule has 26 rings (SSSR count). The van der Waals surface area contributed by atoms with E-state index in [1.807, 2.05) is 0 Å². The molecular formula is C127H115B2Br2N3O2Si3. The fourth-order valence-electron chi connectivity index (χ4n) is 25.2. The van der Waals surface area contributed by atoms with Crippen molar-refractivity contribution in [3.05, 3.63) is 431 Å². The number of nitrogens with zero attached hydrogens (tertiary/aromatic N) is 2. The molecule has 0 amide bonds. The summed E-state index contributed by atoms with van der Waals surface area (Å²) in [7, 11) is -7.76. The average Bonchev–Trinajstić information content (AvgIpc) is 1.54. The van der Waals surface area contributed by atoms with Gasteiger partial charge in [0.25, 0.3) is 13.4 Å². The Kier molecular flexibility index (Phi) is 22.5. The highest BCUT2D eigenvalue weighted by Gasteiger charge is 2.58. The molecule has 0 saturated heterocycles. The van der Waals surface area contributed by atoms with Crippen molar-refractivity contribution < 1.29 is 12.3 Å². The van der Waals surface area contributed by atoms with Crippen molar-refractivity contribution in [3.8, 4) is 56.4 Å². The molecule has 5 nitrogen and oxygen atoms in total. The minimum absolute atomic E-state index is 0. The Morgan fingerprint density at radius 2 is 0.475 bits per heavy atom. The summed E-state index contributed by atoms with van der Waals surface area (Å²) in [4.78, 5) is 5.07. The Hall–Kier alpha value is -13.3. The van der Waals surface area contributed by atoms with Crippen LogP contribution in [0.2, 0.25) is 0 Å². The maximum Gasteiger partial charge on any atom is 0.251 e. The first kappa shape index (κ1) is 89.6. The summed E-state index contributed by atoms with van der Waals surface area (Å²) >= 11 is 7.27. The number of para-hydroxylation sites is 6. The van der Waals surface area contributed by atoms with Gasteiger partial charge >= 0.3 is 0 Å². The maximum atomic E-state index is 7.64. The van der Waals surface area contributed by atoms with Crippen LogP contribution in [0.25, 0.3) is 33.4 Å². The van der Waals surface area contributed by atoms with Gasteiger partial charge in [0.2, 0.25) is 0 Å². The van der Waals surface area contributed by atoms with Crippen molar-refractivity contribution >= 4 is 210 Å². The third-order valence-corrected chi connectivity index (χ3v) is 46.9. The zero-order valence-electron chi connectivity index (χ0n) is 80.0. The molecule has 8 heterocycles. The van der Waals surface area contributed by atoms with Gasteiger partial charge in [-0.1, -0.05) is 437 Å². The number of benzene rings is 18. The maximum absolute atomic E-state index is 7.64. The van der Waals surface area contributed by atoms with Gasteiger partial charge in [-0.25, -0.2) is 0 Å². The molecule has 8 aliphatic heterocycles. The van der Waals surface area contributed by atoms with Gasteiger partial charge in [-0.05, 0) is 259 Å². The Labute approximate surface area is 843 Å². The van der Waals surface area contributed by atoms with Crippen LogP contribution in [0.5, 0.6) is 23.0 Å². The number of rotatable bonds is 10. The summed E-state index contributed by atoms with van der Waals surface area (Å²) in [6.45, 7) is 28.1. The van der Waals surface area contributed by atoms with Gasteiger partial charge < -0.3 is 24.6 Å². The van der Waals surface area contributed by atoms with E-state index in [9.17, 15) is 0 Å². The molecule has 0 radical (unpaired) electrons. The van der Waals surface area contributed by atoms with E-state index in [0.717, 1.165) is 43.3 Å². The standard InChI is InChI=1S/C75H61BN2OSi2.C27H29BBr2O.C24H17NSi.CH4.2H2/c1-47(2)50-43-57(48(3)4)75(58(44-50)49(5)6)76-59-41-39-51(77-61-27-11-19-35-71(61)80(72-36-20-12-28-62(72)77)67-31-15-7-23-53(67)54-24-8-16-32-68(54)80)45-65(59)79-66-46-52(40-42-60(66)76)78-63-29-13-21-37-73(63)81(74-38-22-14-30-64(74)78)69-33-17-9-25-55(69)56-26-10-18-34-70(56)81;1-15(2)18-11-21(16(3)4)27(22(12-18)17(5)6)28-23-9-7-19(29)13-25(23)31-26-14-20(30)8-10-24(26)28;1-5-13-21-17(9-1)18-10-2-6-14-22(18)26(21)23-15-7-3-11-19(23)25-20-12-4-8-16-24(20)26;;;/h7-49H,1-6H3;7-17H,1-6H3;1-16,25H;1H4;2*1H/i;;;;1+1;. The molecule has 0 saturated carbocycles. The van der Waals surface area contributed by atoms with Gasteiger partial charge in [-0.2, -0.15) is 0 Å². The molecule has 682 valence electrons. The molecule has 0 fully saturated rings. The molecule has 18 aromatic carbocycles. The van der Waals surface area contributed by atoms with Gasteiger partial charge in [-0.15, -0.1) is 0 Å². The fraction of sp³-hybridized carbons (Fsp3) is 0.150. The summed E-state index contributed by atoms with van der Waals surface area (Å²) < 4.78 is 16.1. The van der Waals surface area contributed by atoms with E-state index < -0.39 is 24.2 Å². The lowest BCUT2D eigenvalue weighted by Crippen LogP contribution is -2.75. The second-order valence-corrected chi connectivity index (χ2v) is 53.3. The normalized spacial score (nSPS) is 14.3. The molecule has 1 N–H and O–H groups in total. The van der Waals surface area contributed by atoms with E-state index in [-0.39, 0.29) is 23.7 Å². The number of hydrogen-bond donors (Lipinski definition) is 1. The quantitative estimate of drug-likeness (QED) is 0.138. The molecule has 18 aromatic rings. The first-order valence-corrected chi connectivity index (χ1v) is 57.0. The minimum atomic E-state index is -2.75. The summed E-state index contributed by atoms with van der Waals surface area (Å²) in [6.07, 6.45) is 0. The van der Waals surface area contributed by atoms with E-state index in [1.54, 1.807) is 0 Å². The number of nitrogens with one attached hydrogen (secondary N) is 1. The zero-order chi connectivity index (χ0) is 94.1. The Balaban J connectivity index is 0.000000159. The number of halogens is 2. The fourth-order valence-corrected chi connectivity index (χ4v) is 42.4. The highest BCUT2D eigenvalue weighted by molar-refractivity contribution is 9.10. The zero-order valence-corrected chi connectivity index (χ0v) is 86.2. The van der Waals surface area contributed by atoms with Crippen molar-refractivity contribution in [2.45, 2.75) is 126 Å². The van der Waals surface area contributed by atoms with Crippen molar-refractivity contribution in [3.63, 3.8) is 0 Å². The Morgan fingerprint density at radius 3 is 0.741 bits per heavy atom. The smallest absolute Gasteiger partial charge is 0.251 e. The lowest BCUT2D eigenvalue weighted by Gasteiger charge is -2.44. The lowest BCUT2D eigenvalue weighted by atomic mass is 9.34. The van der Waals surface area contributed by atoms with Crippen LogP contribution < -0.4 is 120 Å². The number of ether oxygens (including phenoxy) is 2. The molecule has 8 aliphatic rings. The van der Waals surface area contributed by atoms with Crippen molar-refractivity contribution in [2.24, 2.45) is 0 Å². The molecule has 0 aromatic heterocycles. The minimum Gasteiger partial charge on any atom is -0.458 e. The number of hydrogen-bond acceptors (Lipinski definition) is 5. The van der Waals surface area contributed by atoms with Crippen LogP contribution in [0.4, 0.5) is 45.5 Å². The summed E-state index contributed by atoms with van der Waals surface area (Å²) in [6, 6.07) is 147. The van der Waals surface area contributed by atoms with E-state index in [2.05, 4.69) is 518 Å². The van der Waals surface area contributed by atoms with Crippen molar-refractivity contribution in [1.29, 1.82) is 0 Å². The molecule has 0 atom stereocenters. The molecular weight excluding hydrogens is 1870 g/mol. The monoisotopic (exact) mass is 1980 g/mol. The summed E-state index contributed by atoms with van der Waals surface area (Å²) in [5.74, 6) is 6.05. The van der Waals surface area contributed by atoms with Crippen LogP contribution in [-0.4, -0.2) is 37.6 Å². The largest absolute Gasteiger partial charge is 0.458 e. The van der Waals surface area contributed by atoms with Crippen LogP contribution in [-0.2, 0) is 0 Å². The highest BCUT2D eigenvalue weighted by Crippen LogP contribution is 2.48. The van der Waals surface area contributed by atoms with E-state index in [0.29, 0.717) is 35.5 Å². The van der Waals surface area contributed by atoms with Crippen LogP contribution in [0.1, 0.15) is 162 Å². The van der Waals surface area contributed by atoms with Gasteiger partial charge in [0.05, 0.1) is 0 Å². The van der Waals surface area contributed by atoms with Gasteiger partial charge in [0.1, 0.15) is 23.0 Å². The predicted octanol–water partition coefficient (Wildman–Crippen LogP) is 23.4. The van der Waals surface area contributed by atoms with E-state index in [1.165, 1.54) is 196 Å². The summed E-state index contributed by atoms with van der Waals surface area (Å²) in [5.41, 5.74) is 34.1. The number of anilines is 8. The number of fused-ring (bicyclic) bond motifs is 31. The topological polar surface area (TPSA) is 37.0 Å². The molecule has 0 aliphatic carbocycles. The molecule has 0 bridgehead atoms. The SMILES string of the molecule is C.CC(C)c1cc(C(C)C)c(B2c3ccc(Br)cc3Oc3cc(Br)ccc32)c(C(C)C)c1.CC(C)c1cc(C(C)C)c(B2c3ccc(N4c5ccccc5[Si]5(c6ccccc6-c6ccccc65)c5ccccc54)cc3Oc3cc(N4c5ccccc5[Si]5(c6ccccc6-c6ccccc65)c5ccccc54)ccc32)c(C(C)C)c1.[2HH].[HH].c1ccc2c(c1)Nc1ccccc1[Si]21c2ccccc2-c2ccccc21. The molecule has 139 heavy (non-hydrogen) atoms. The van der Waals surface area contributed by atoms with Gasteiger partial charge in [-0.3, -0.25) is 0 Å². The second kappa shape index (κ2) is 34.9. The van der Waals surface area contributed by atoms with Crippen molar-refractivity contribution in [2.75, 3.05) is 15.1 Å². The Morgan fingerprint density at radius 1 is 0.252 bits per heavy atom. The Bertz CT molecular complexity index is 7410. The summed E-state index contributed by atoms with van der Waals surface area (Å²) in [5, 5.41) is 21.2. The molecule has 0 unspecified atom stereocenters. The van der Waals surface area contributed by atoms with Crippen LogP contribution >= 0.6 is 31.9 Å². The van der Waals surface area contributed by atoms with Gasteiger partial charge in [0.15, 0.2) is 24.2 Å². The predicted molar refractivity (Wildman–Crippen MR) is 613 cm³/mol. The van der Waals surface area contributed by atoms with Crippen LogP contribution in [0.15, 0.2) is 397 Å². The lowest BCUT2D eigenvalue weighted by molar-refractivity contribution is 0.486. The van der Waals surface area contributed by atoms with E-state index >= 15 is 0 Å². The molecule has 3 spiro atoms. The first-order valence-electron chi connectivity index (χ1n) is 49.4.